The van der Waals surface area contributed by atoms with E-state index < -0.39 is 0 Å². The standard InChI is InChI=1S/C14H21ClIN/c1-4-7-17-14(8-10(2)3)11-5-6-13(16)12(15)9-11/h5-6,9-10,14,17H,4,7-8H2,1-3H3. The SMILES string of the molecule is CCCNC(CC(C)C)c1ccc(I)c(Cl)c1. The smallest absolute Gasteiger partial charge is 0.0542 e. The molecule has 0 spiro atoms. The van der Waals surface area contributed by atoms with Crippen molar-refractivity contribution in [3.05, 3.63) is 32.4 Å². The van der Waals surface area contributed by atoms with Gasteiger partial charge in [0.1, 0.15) is 0 Å². The fourth-order valence-corrected chi connectivity index (χ4v) is 2.38. The lowest BCUT2D eigenvalue weighted by molar-refractivity contribution is 0.430. The van der Waals surface area contributed by atoms with Crippen LogP contribution in [0.3, 0.4) is 0 Å². The number of nitrogens with one attached hydrogen (secondary N) is 1. The summed E-state index contributed by atoms with van der Waals surface area (Å²) in [5.74, 6) is 0.683. The Morgan fingerprint density at radius 3 is 2.59 bits per heavy atom. The molecule has 96 valence electrons. The molecule has 1 unspecified atom stereocenters. The first-order valence-corrected chi connectivity index (χ1v) is 7.68. The van der Waals surface area contributed by atoms with Crippen LogP contribution in [0.2, 0.25) is 5.02 Å². The Balaban J connectivity index is 2.83. The van der Waals surface area contributed by atoms with Crippen molar-refractivity contribution >= 4 is 34.2 Å². The van der Waals surface area contributed by atoms with Crippen molar-refractivity contribution in [2.24, 2.45) is 5.92 Å². The highest BCUT2D eigenvalue weighted by atomic mass is 127. The molecule has 0 bridgehead atoms. The van der Waals surface area contributed by atoms with Crippen LogP contribution in [0.5, 0.6) is 0 Å². The van der Waals surface area contributed by atoms with Crippen molar-refractivity contribution in [2.75, 3.05) is 6.54 Å². The summed E-state index contributed by atoms with van der Waals surface area (Å²) >= 11 is 8.46. The van der Waals surface area contributed by atoms with Crippen LogP contribution in [0, 0.1) is 9.49 Å². The average Bonchev–Trinajstić information content (AvgIpc) is 2.27. The van der Waals surface area contributed by atoms with Gasteiger partial charge in [-0.1, -0.05) is 38.4 Å². The van der Waals surface area contributed by atoms with Gasteiger partial charge in [0, 0.05) is 9.61 Å². The number of rotatable bonds is 6. The van der Waals surface area contributed by atoms with E-state index >= 15 is 0 Å². The molecule has 0 aromatic heterocycles. The third-order valence-corrected chi connectivity index (χ3v) is 4.27. The molecule has 0 heterocycles. The summed E-state index contributed by atoms with van der Waals surface area (Å²) in [5, 5.41) is 4.46. The highest BCUT2D eigenvalue weighted by Gasteiger charge is 2.13. The van der Waals surface area contributed by atoms with E-state index in [0.717, 1.165) is 28.0 Å². The van der Waals surface area contributed by atoms with Crippen LogP contribution in [-0.2, 0) is 0 Å². The van der Waals surface area contributed by atoms with E-state index in [4.69, 9.17) is 11.6 Å². The minimum atomic E-state index is 0.421. The third-order valence-electron chi connectivity index (χ3n) is 2.69. The maximum absolute atomic E-state index is 6.19. The zero-order valence-electron chi connectivity index (χ0n) is 10.8. The first-order valence-electron chi connectivity index (χ1n) is 6.23. The fourth-order valence-electron chi connectivity index (χ4n) is 1.86. The molecule has 0 aliphatic carbocycles. The minimum Gasteiger partial charge on any atom is -0.310 e. The number of hydrogen-bond donors (Lipinski definition) is 1. The number of benzene rings is 1. The van der Waals surface area contributed by atoms with Gasteiger partial charge in [0.2, 0.25) is 0 Å². The quantitative estimate of drug-likeness (QED) is 0.697. The molecule has 0 saturated carbocycles. The minimum absolute atomic E-state index is 0.421. The van der Waals surface area contributed by atoms with Crippen molar-refractivity contribution in [1.82, 2.24) is 5.32 Å². The topological polar surface area (TPSA) is 12.0 Å². The summed E-state index contributed by atoms with van der Waals surface area (Å²) in [4.78, 5) is 0. The maximum Gasteiger partial charge on any atom is 0.0542 e. The molecule has 1 aromatic rings. The Labute approximate surface area is 123 Å². The van der Waals surface area contributed by atoms with Crippen LogP contribution in [0.25, 0.3) is 0 Å². The molecular formula is C14H21ClIN. The molecule has 0 amide bonds. The normalized spacial score (nSPS) is 13.1. The lowest BCUT2D eigenvalue weighted by Gasteiger charge is -2.21. The Morgan fingerprint density at radius 1 is 1.35 bits per heavy atom. The van der Waals surface area contributed by atoms with Crippen molar-refractivity contribution in [3.8, 4) is 0 Å². The van der Waals surface area contributed by atoms with Crippen LogP contribution in [0.1, 0.15) is 45.2 Å². The zero-order valence-corrected chi connectivity index (χ0v) is 13.7. The summed E-state index contributed by atoms with van der Waals surface area (Å²) in [6, 6.07) is 6.80. The van der Waals surface area contributed by atoms with Crippen LogP contribution < -0.4 is 5.32 Å². The molecule has 1 nitrogen and oxygen atoms in total. The zero-order chi connectivity index (χ0) is 12.8. The van der Waals surface area contributed by atoms with Crippen LogP contribution in [0.15, 0.2) is 18.2 Å². The van der Waals surface area contributed by atoms with E-state index in [1.165, 1.54) is 5.56 Å². The average molecular weight is 366 g/mol. The van der Waals surface area contributed by atoms with Gasteiger partial charge in [-0.15, -0.1) is 0 Å². The van der Waals surface area contributed by atoms with Crippen molar-refractivity contribution in [1.29, 1.82) is 0 Å². The van der Waals surface area contributed by atoms with Gasteiger partial charge in [-0.2, -0.15) is 0 Å². The van der Waals surface area contributed by atoms with Gasteiger partial charge in [-0.25, -0.2) is 0 Å². The predicted octanol–water partition coefficient (Wildman–Crippen LogP) is 5.03. The third kappa shape index (κ3) is 5.14. The molecule has 0 aliphatic rings. The molecule has 0 saturated heterocycles. The second-order valence-corrected chi connectivity index (χ2v) is 6.38. The summed E-state index contributed by atoms with van der Waals surface area (Å²) in [7, 11) is 0. The van der Waals surface area contributed by atoms with Crippen molar-refractivity contribution in [2.45, 2.75) is 39.7 Å². The molecule has 1 rings (SSSR count). The Kier molecular flexibility index (Phi) is 6.82. The molecule has 0 radical (unpaired) electrons. The highest BCUT2D eigenvalue weighted by molar-refractivity contribution is 14.1. The van der Waals surface area contributed by atoms with E-state index in [-0.39, 0.29) is 0 Å². The summed E-state index contributed by atoms with van der Waals surface area (Å²) < 4.78 is 1.12. The second-order valence-electron chi connectivity index (χ2n) is 4.81. The second kappa shape index (κ2) is 7.59. The Hall–Kier alpha value is 0.200. The summed E-state index contributed by atoms with van der Waals surface area (Å²) in [6.45, 7) is 7.77. The molecule has 1 N–H and O–H groups in total. The lowest BCUT2D eigenvalue weighted by Crippen LogP contribution is -2.23. The fraction of sp³-hybridized carbons (Fsp3) is 0.571. The Bertz CT molecular complexity index is 352. The molecule has 1 atom stereocenters. The predicted molar refractivity (Wildman–Crippen MR) is 84.7 cm³/mol. The number of hydrogen-bond acceptors (Lipinski definition) is 1. The lowest BCUT2D eigenvalue weighted by atomic mass is 9.97. The van der Waals surface area contributed by atoms with Crippen LogP contribution in [-0.4, -0.2) is 6.54 Å². The first kappa shape index (κ1) is 15.3. The van der Waals surface area contributed by atoms with Gasteiger partial charge in [0.25, 0.3) is 0 Å². The van der Waals surface area contributed by atoms with Gasteiger partial charge < -0.3 is 5.32 Å². The van der Waals surface area contributed by atoms with Crippen molar-refractivity contribution < 1.29 is 0 Å². The molecule has 17 heavy (non-hydrogen) atoms. The molecule has 0 fully saturated rings. The van der Waals surface area contributed by atoms with E-state index in [9.17, 15) is 0 Å². The van der Waals surface area contributed by atoms with E-state index in [0.29, 0.717) is 12.0 Å². The summed E-state index contributed by atoms with van der Waals surface area (Å²) in [6.07, 6.45) is 2.31. The van der Waals surface area contributed by atoms with Crippen LogP contribution >= 0.6 is 34.2 Å². The molecule has 0 aliphatic heterocycles. The van der Waals surface area contributed by atoms with E-state index in [1.807, 2.05) is 0 Å². The van der Waals surface area contributed by atoms with Crippen LogP contribution in [0.4, 0.5) is 0 Å². The van der Waals surface area contributed by atoms with Gasteiger partial charge in [-0.3, -0.25) is 0 Å². The van der Waals surface area contributed by atoms with Gasteiger partial charge in [0.05, 0.1) is 5.02 Å². The van der Waals surface area contributed by atoms with Gasteiger partial charge >= 0.3 is 0 Å². The summed E-state index contributed by atoms with van der Waals surface area (Å²) in [5.41, 5.74) is 1.30. The first-order chi connectivity index (χ1) is 8.04. The van der Waals surface area contributed by atoms with Crippen molar-refractivity contribution in [3.63, 3.8) is 0 Å². The molecule has 3 heteroatoms. The molecular weight excluding hydrogens is 345 g/mol. The maximum atomic E-state index is 6.19. The highest BCUT2D eigenvalue weighted by Crippen LogP contribution is 2.26. The molecule has 1 aromatic carbocycles. The van der Waals surface area contributed by atoms with E-state index in [1.54, 1.807) is 0 Å². The number of halogens is 2. The largest absolute Gasteiger partial charge is 0.310 e. The van der Waals surface area contributed by atoms with Gasteiger partial charge in [-0.05, 0) is 65.6 Å². The van der Waals surface area contributed by atoms with E-state index in [2.05, 4.69) is 66.9 Å². The van der Waals surface area contributed by atoms with Gasteiger partial charge in [0.15, 0.2) is 0 Å². The monoisotopic (exact) mass is 365 g/mol. The Morgan fingerprint density at radius 2 is 2.06 bits per heavy atom.